The van der Waals surface area contributed by atoms with Crippen molar-refractivity contribution in [3.05, 3.63) is 83.3 Å². The van der Waals surface area contributed by atoms with E-state index in [2.05, 4.69) is 14.7 Å². The Kier molecular flexibility index (Phi) is 4.40. The molecule has 0 bridgehead atoms. The minimum absolute atomic E-state index is 0.0624. The fraction of sp³-hybridized carbons (Fsp3) is 0.0500. The van der Waals surface area contributed by atoms with Crippen LogP contribution in [0.3, 0.4) is 0 Å². The van der Waals surface area contributed by atoms with Gasteiger partial charge in [0.15, 0.2) is 0 Å². The largest absolute Gasteiger partial charge is 0.343 e. The lowest BCUT2D eigenvalue weighted by atomic mass is 10.2. The van der Waals surface area contributed by atoms with Gasteiger partial charge >= 0.3 is 5.69 Å². The van der Waals surface area contributed by atoms with Crippen molar-refractivity contribution in [3.63, 3.8) is 0 Å². The first kappa shape index (κ1) is 17.9. The third-order valence-electron chi connectivity index (χ3n) is 4.45. The maximum atomic E-state index is 12.9. The van der Waals surface area contributed by atoms with Crippen molar-refractivity contribution in [1.29, 1.82) is 0 Å². The minimum atomic E-state index is -3.85. The maximum absolute atomic E-state index is 12.9. The molecule has 3 aromatic carbocycles. The van der Waals surface area contributed by atoms with Crippen molar-refractivity contribution >= 4 is 38.1 Å². The Bertz CT molecular complexity index is 1290. The van der Waals surface area contributed by atoms with Gasteiger partial charge in [0.2, 0.25) is 0 Å². The van der Waals surface area contributed by atoms with E-state index in [1.807, 2.05) is 54.4 Å². The molecule has 3 N–H and O–H groups in total. The number of fused-ring (bicyclic) bond motifs is 1. The lowest BCUT2D eigenvalue weighted by Gasteiger charge is -2.23. The molecule has 0 fully saturated rings. The smallest absolute Gasteiger partial charge is 0.323 e. The summed E-state index contributed by atoms with van der Waals surface area (Å²) in [5.74, 6) is 0. The fourth-order valence-corrected chi connectivity index (χ4v) is 4.13. The lowest BCUT2D eigenvalue weighted by Crippen LogP contribution is -2.17. The average molecular weight is 394 g/mol. The second kappa shape index (κ2) is 6.90. The first-order valence-corrected chi connectivity index (χ1v) is 10.0. The molecule has 4 rings (SSSR count). The summed E-state index contributed by atoms with van der Waals surface area (Å²) in [6, 6.07) is 21.3. The van der Waals surface area contributed by atoms with Gasteiger partial charge in [-0.15, -0.1) is 0 Å². The number of hydrogen-bond acceptors (Lipinski definition) is 4. The molecule has 0 unspecified atom stereocenters. The number of nitrogens with one attached hydrogen (secondary N) is 3. The van der Waals surface area contributed by atoms with Crippen LogP contribution >= 0.6 is 0 Å². The number of sulfonamides is 1. The minimum Gasteiger partial charge on any atom is -0.343 e. The molecule has 28 heavy (non-hydrogen) atoms. The van der Waals surface area contributed by atoms with E-state index in [4.69, 9.17) is 0 Å². The Balaban J connectivity index is 1.71. The second-order valence-corrected chi connectivity index (χ2v) is 7.99. The molecule has 142 valence electrons. The van der Waals surface area contributed by atoms with Crippen molar-refractivity contribution in [2.45, 2.75) is 4.90 Å². The van der Waals surface area contributed by atoms with Crippen LogP contribution in [-0.2, 0) is 10.0 Å². The third-order valence-corrected chi connectivity index (χ3v) is 5.81. The van der Waals surface area contributed by atoms with Gasteiger partial charge in [0, 0.05) is 12.7 Å². The molecule has 7 nitrogen and oxygen atoms in total. The second-order valence-electron chi connectivity index (χ2n) is 6.30. The molecule has 0 saturated carbocycles. The van der Waals surface area contributed by atoms with Gasteiger partial charge in [-0.25, -0.2) is 13.2 Å². The molecular formula is C20H18N4O3S. The molecule has 0 spiro atoms. The van der Waals surface area contributed by atoms with Crippen LogP contribution in [-0.4, -0.2) is 25.4 Å². The van der Waals surface area contributed by atoms with Gasteiger partial charge < -0.3 is 14.9 Å². The molecule has 0 aliphatic rings. The van der Waals surface area contributed by atoms with Crippen LogP contribution in [0.25, 0.3) is 11.0 Å². The molecule has 0 aliphatic carbocycles. The summed E-state index contributed by atoms with van der Waals surface area (Å²) in [5.41, 5.74) is 2.70. The van der Waals surface area contributed by atoms with Gasteiger partial charge in [0.05, 0.1) is 27.3 Å². The maximum Gasteiger partial charge on any atom is 0.323 e. The normalized spacial score (nSPS) is 11.5. The molecule has 8 heteroatoms. The van der Waals surface area contributed by atoms with E-state index >= 15 is 0 Å². The molecule has 0 amide bonds. The van der Waals surface area contributed by atoms with Gasteiger partial charge in [0.25, 0.3) is 10.0 Å². The van der Waals surface area contributed by atoms with Gasteiger partial charge in [-0.3, -0.25) is 4.72 Å². The number of imidazole rings is 1. The Morgan fingerprint density at radius 1 is 0.857 bits per heavy atom. The number of para-hydroxylation sites is 3. The molecule has 0 aliphatic heterocycles. The van der Waals surface area contributed by atoms with E-state index in [9.17, 15) is 13.2 Å². The van der Waals surface area contributed by atoms with Crippen LogP contribution < -0.4 is 15.3 Å². The number of nitrogens with zero attached hydrogens (tertiary/aromatic N) is 1. The first-order chi connectivity index (χ1) is 13.4. The van der Waals surface area contributed by atoms with Crippen molar-refractivity contribution in [3.8, 4) is 0 Å². The first-order valence-electron chi connectivity index (χ1n) is 8.57. The number of rotatable bonds is 5. The van der Waals surface area contributed by atoms with Crippen molar-refractivity contribution in [2.75, 3.05) is 16.7 Å². The molecule has 0 radical (unpaired) electrons. The van der Waals surface area contributed by atoms with Crippen LogP contribution in [0.4, 0.5) is 17.1 Å². The number of H-pyrrole nitrogens is 2. The molecule has 0 saturated heterocycles. The number of aromatic amines is 2. The zero-order chi connectivity index (χ0) is 19.7. The van der Waals surface area contributed by atoms with Gasteiger partial charge in [-0.1, -0.05) is 30.3 Å². The van der Waals surface area contributed by atoms with Crippen LogP contribution in [0.15, 0.2) is 82.5 Å². The van der Waals surface area contributed by atoms with Gasteiger partial charge in [0.1, 0.15) is 0 Å². The monoisotopic (exact) mass is 394 g/mol. The highest BCUT2D eigenvalue weighted by Crippen LogP contribution is 2.32. The predicted molar refractivity (Wildman–Crippen MR) is 111 cm³/mol. The van der Waals surface area contributed by atoms with Gasteiger partial charge in [-0.2, -0.15) is 0 Å². The van der Waals surface area contributed by atoms with Crippen molar-refractivity contribution in [2.24, 2.45) is 0 Å². The number of benzene rings is 3. The zero-order valence-corrected chi connectivity index (χ0v) is 15.8. The highest BCUT2D eigenvalue weighted by molar-refractivity contribution is 7.92. The summed E-state index contributed by atoms with van der Waals surface area (Å²) >= 11 is 0. The summed E-state index contributed by atoms with van der Waals surface area (Å²) in [7, 11) is -1.97. The topological polar surface area (TPSA) is 98.1 Å². The SMILES string of the molecule is CN(c1ccccc1)c1ccccc1NS(=O)(=O)c1ccc2[nH]c(=O)[nH]c2c1. The van der Waals surface area contributed by atoms with E-state index in [1.54, 1.807) is 18.2 Å². The zero-order valence-electron chi connectivity index (χ0n) is 15.0. The molecule has 1 aromatic heterocycles. The lowest BCUT2D eigenvalue weighted by molar-refractivity contribution is 0.601. The quantitative estimate of drug-likeness (QED) is 0.483. The summed E-state index contributed by atoms with van der Waals surface area (Å²) in [6.07, 6.45) is 0. The van der Waals surface area contributed by atoms with Crippen LogP contribution in [0.5, 0.6) is 0 Å². The summed E-state index contributed by atoms with van der Waals surface area (Å²) in [6.45, 7) is 0. The van der Waals surface area contributed by atoms with Crippen LogP contribution in [0, 0.1) is 0 Å². The Labute approximate surface area is 161 Å². The number of hydrogen-bond donors (Lipinski definition) is 3. The molecule has 0 atom stereocenters. The van der Waals surface area contributed by atoms with E-state index in [1.165, 1.54) is 12.1 Å². The molecule has 4 aromatic rings. The Hall–Kier alpha value is -3.52. The van der Waals surface area contributed by atoms with E-state index in [-0.39, 0.29) is 10.6 Å². The van der Waals surface area contributed by atoms with Crippen molar-refractivity contribution < 1.29 is 8.42 Å². The molecule has 1 heterocycles. The summed E-state index contributed by atoms with van der Waals surface area (Å²) < 4.78 is 28.5. The third kappa shape index (κ3) is 3.37. The van der Waals surface area contributed by atoms with Crippen LogP contribution in [0.1, 0.15) is 0 Å². The summed E-state index contributed by atoms with van der Waals surface area (Å²) in [5, 5.41) is 0. The fourth-order valence-electron chi connectivity index (χ4n) is 3.03. The van der Waals surface area contributed by atoms with Crippen LogP contribution in [0.2, 0.25) is 0 Å². The molecular weight excluding hydrogens is 376 g/mol. The standard InChI is InChI=1S/C20H18N4O3S/c1-24(14-7-3-2-4-8-14)19-10-6-5-9-17(19)23-28(26,27)15-11-12-16-18(13-15)22-20(25)21-16/h2-13,23H,1H3,(H2,21,22,25). The average Bonchev–Trinajstić information content (AvgIpc) is 3.07. The number of anilines is 3. The van der Waals surface area contributed by atoms with Crippen molar-refractivity contribution in [1.82, 2.24) is 9.97 Å². The van der Waals surface area contributed by atoms with E-state index < -0.39 is 10.0 Å². The highest BCUT2D eigenvalue weighted by atomic mass is 32.2. The summed E-state index contributed by atoms with van der Waals surface area (Å²) in [4.78, 5) is 18.6. The number of aromatic nitrogens is 2. The van der Waals surface area contributed by atoms with E-state index in [0.29, 0.717) is 22.4 Å². The van der Waals surface area contributed by atoms with Gasteiger partial charge in [-0.05, 0) is 42.5 Å². The predicted octanol–water partition coefficient (Wildman–Crippen LogP) is 3.42. The highest BCUT2D eigenvalue weighted by Gasteiger charge is 2.18. The Morgan fingerprint density at radius 3 is 2.32 bits per heavy atom. The van der Waals surface area contributed by atoms with E-state index in [0.717, 1.165) is 5.69 Å². The Morgan fingerprint density at radius 2 is 1.54 bits per heavy atom.